The molecule has 0 saturated heterocycles. The third-order valence-electron chi connectivity index (χ3n) is 2.75. The Balaban J connectivity index is 2.39. The average molecular weight is 156 g/mol. The molecule has 0 aliphatic heterocycles. The average Bonchev–Trinajstić information content (AvgIpc) is 2.72. The van der Waals surface area contributed by atoms with E-state index in [1.54, 1.807) is 0 Å². The summed E-state index contributed by atoms with van der Waals surface area (Å²) in [7, 11) is 2.18. The van der Waals surface area contributed by atoms with Crippen LogP contribution in [0.5, 0.6) is 0 Å². The zero-order valence-electron chi connectivity index (χ0n) is 7.88. The molecule has 2 N–H and O–H groups in total. The van der Waals surface area contributed by atoms with E-state index in [9.17, 15) is 0 Å². The quantitative estimate of drug-likeness (QED) is 0.659. The van der Waals surface area contributed by atoms with Crippen molar-refractivity contribution in [3.63, 3.8) is 0 Å². The van der Waals surface area contributed by atoms with Crippen LogP contribution in [0.3, 0.4) is 0 Å². The van der Waals surface area contributed by atoms with Crippen LogP contribution in [-0.4, -0.2) is 30.6 Å². The SMILES string of the molecule is CC(C)N(C)C(CN)C1CC1. The Morgan fingerprint density at radius 2 is 2.00 bits per heavy atom. The summed E-state index contributed by atoms with van der Waals surface area (Å²) >= 11 is 0. The van der Waals surface area contributed by atoms with E-state index in [0.29, 0.717) is 12.1 Å². The summed E-state index contributed by atoms with van der Waals surface area (Å²) < 4.78 is 0. The molecule has 1 aliphatic carbocycles. The number of rotatable bonds is 4. The van der Waals surface area contributed by atoms with Gasteiger partial charge in [-0.15, -0.1) is 0 Å². The van der Waals surface area contributed by atoms with Crippen LogP contribution in [0.15, 0.2) is 0 Å². The van der Waals surface area contributed by atoms with Crippen molar-refractivity contribution in [3.05, 3.63) is 0 Å². The van der Waals surface area contributed by atoms with Crippen LogP contribution in [0.2, 0.25) is 0 Å². The molecule has 0 aromatic rings. The van der Waals surface area contributed by atoms with E-state index in [0.717, 1.165) is 12.5 Å². The van der Waals surface area contributed by atoms with Gasteiger partial charge in [-0.1, -0.05) is 0 Å². The first-order valence-corrected chi connectivity index (χ1v) is 4.58. The second kappa shape index (κ2) is 3.55. The molecule has 0 aromatic carbocycles. The molecule has 1 rings (SSSR count). The van der Waals surface area contributed by atoms with Crippen molar-refractivity contribution in [2.45, 2.75) is 38.8 Å². The summed E-state index contributed by atoms with van der Waals surface area (Å²) in [5.74, 6) is 0.896. The number of nitrogens with two attached hydrogens (primary N) is 1. The molecule has 0 spiro atoms. The van der Waals surface area contributed by atoms with Crippen molar-refractivity contribution < 1.29 is 0 Å². The maximum absolute atomic E-state index is 5.71. The van der Waals surface area contributed by atoms with Crippen LogP contribution < -0.4 is 5.73 Å². The minimum atomic E-state index is 0.629. The maximum atomic E-state index is 5.71. The Morgan fingerprint density at radius 3 is 2.27 bits per heavy atom. The maximum Gasteiger partial charge on any atom is 0.0246 e. The number of nitrogens with zero attached hydrogens (tertiary/aromatic N) is 1. The standard InChI is InChI=1S/C9H20N2/c1-7(2)11(3)9(6-10)8-4-5-8/h7-9H,4-6,10H2,1-3H3. The summed E-state index contributed by atoms with van der Waals surface area (Å²) in [6, 6.07) is 1.26. The monoisotopic (exact) mass is 156 g/mol. The van der Waals surface area contributed by atoms with Gasteiger partial charge in [-0.25, -0.2) is 0 Å². The second-order valence-corrected chi connectivity index (χ2v) is 3.90. The molecule has 1 aliphatic rings. The van der Waals surface area contributed by atoms with Gasteiger partial charge < -0.3 is 5.73 Å². The minimum absolute atomic E-state index is 0.629. The predicted octanol–water partition coefficient (Wildman–Crippen LogP) is 1.06. The summed E-state index contributed by atoms with van der Waals surface area (Å²) in [6.45, 7) is 5.27. The van der Waals surface area contributed by atoms with Gasteiger partial charge in [0.05, 0.1) is 0 Å². The number of likely N-dealkylation sites (N-methyl/N-ethyl adjacent to an activating group) is 1. The van der Waals surface area contributed by atoms with Crippen LogP contribution in [0.1, 0.15) is 26.7 Å². The highest BCUT2D eigenvalue weighted by molar-refractivity contribution is 4.88. The molecule has 1 unspecified atom stereocenters. The highest BCUT2D eigenvalue weighted by atomic mass is 15.2. The van der Waals surface area contributed by atoms with Crippen LogP contribution in [0.25, 0.3) is 0 Å². The predicted molar refractivity (Wildman–Crippen MR) is 48.5 cm³/mol. The van der Waals surface area contributed by atoms with Crippen LogP contribution in [0.4, 0.5) is 0 Å². The van der Waals surface area contributed by atoms with Crippen LogP contribution in [0, 0.1) is 5.92 Å². The lowest BCUT2D eigenvalue weighted by Crippen LogP contribution is -2.43. The van der Waals surface area contributed by atoms with Crippen molar-refractivity contribution in [2.24, 2.45) is 11.7 Å². The molecule has 1 saturated carbocycles. The first-order chi connectivity index (χ1) is 5.16. The van der Waals surface area contributed by atoms with Gasteiger partial charge in [0.25, 0.3) is 0 Å². The third-order valence-corrected chi connectivity index (χ3v) is 2.75. The largest absolute Gasteiger partial charge is 0.329 e. The topological polar surface area (TPSA) is 29.3 Å². The lowest BCUT2D eigenvalue weighted by molar-refractivity contribution is 0.180. The smallest absolute Gasteiger partial charge is 0.0246 e. The second-order valence-electron chi connectivity index (χ2n) is 3.90. The minimum Gasteiger partial charge on any atom is -0.329 e. The van der Waals surface area contributed by atoms with Gasteiger partial charge in [0.15, 0.2) is 0 Å². The van der Waals surface area contributed by atoms with E-state index >= 15 is 0 Å². The Bertz CT molecular complexity index is 119. The van der Waals surface area contributed by atoms with Crippen LogP contribution in [-0.2, 0) is 0 Å². The van der Waals surface area contributed by atoms with Crippen LogP contribution >= 0.6 is 0 Å². The molecule has 0 radical (unpaired) electrons. The van der Waals surface area contributed by atoms with Gasteiger partial charge in [-0.2, -0.15) is 0 Å². The molecule has 2 nitrogen and oxygen atoms in total. The van der Waals surface area contributed by atoms with E-state index in [2.05, 4.69) is 25.8 Å². The molecule has 11 heavy (non-hydrogen) atoms. The van der Waals surface area contributed by atoms with E-state index in [4.69, 9.17) is 5.73 Å². The van der Waals surface area contributed by atoms with Crippen molar-refractivity contribution in [2.75, 3.05) is 13.6 Å². The number of hydrogen-bond donors (Lipinski definition) is 1. The normalized spacial score (nSPS) is 21.3. The van der Waals surface area contributed by atoms with E-state index in [-0.39, 0.29) is 0 Å². The van der Waals surface area contributed by atoms with Crippen molar-refractivity contribution in [1.29, 1.82) is 0 Å². The molecule has 66 valence electrons. The van der Waals surface area contributed by atoms with E-state index in [1.807, 2.05) is 0 Å². The summed E-state index contributed by atoms with van der Waals surface area (Å²) in [4.78, 5) is 2.40. The Kier molecular flexibility index (Phi) is 2.90. The molecular weight excluding hydrogens is 136 g/mol. The van der Waals surface area contributed by atoms with Gasteiger partial charge in [-0.05, 0) is 39.7 Å². The summed E-state index contributed by atoms with van der Waals surface area (Å²) in [5.41, 5.74) is 5.71. The fraction of sp³-hybridized carbons (Fsp3) is 1.00. The molecule has 2 heteroatoms. The van der Waals surface area contributed by atoms with E-state index in [1.165, 1.54) is 12.8 Å². The zero-order valence-corrected chi connectivity index (χ0v) is 7.88. The molecule has 0 bridgehead atoms. The lowest BCUT2D eigenvalue weighted by Gasteiger charge is -2.30. The third kappa shape index (κ3) is 2.17. The Hall–Kier alpha value is -0.0800. The summed E-state index contributed by atoms with van der Waals surface area (Å²) in [5, 5.41) is 0. The number of hydrogen-bond acceptors (Lipinski definition) is 2. The first-order valence-electron chi connectivity index (χ1n) is 4.58. The molecule has 0 aromatic heterocycles. The fourth-order valence-electron chi connectivity index (χ4n) is 1.56. The van der Waals surface area contributed by atoms with Gasteiger partial charge in [0.1, 0.15) is 0 Å². The van der Waals surface area contributed by atoms with Crippen molar-refractivity contribution in [3.8, 4) is 0 Å². The highest BCUT2D eigenvalue weighted by Gasteiger charge is 2.33. The molecule has 0 heterocycles. The zero-order chi connectivity index (χ0) is 8.43. The highest BCUT2D eigenvalue weighted by Crippen LogP contribution is 2.34. The van der Waals surface area contributed by atoms with Gasteiger partial charge in [-0.3, -0.25) is 4.90 Å². The molecule has 0 amide bonds. The molecule has 1 atom stereocenters. The Morgan fingerprint density at radius 1 is 1.45 bits per heavy atom. The fourth-order valence-corrected chi connectivity index (χ4v) is 1.56. The molecule has 1 fully saturated rings. The molecular formula is C9H20N2. The van der Waals surface area contributed by atoms with Crippen molar-refractivity contribution in [1.82, 2.24) is 4.90 Å². The van der Waals surface area contributed by atoms with Gasteiger partial charge in [0, 0.05) is 18.6 Å². The van der Waals surface area contributed by atoms with Gasteiger partial charge in [0.2, 0.25) is 0 Å². The summed E-state index contributed by atoms with van der Waals surface area (Å²) in [6.07, 6.45) is 2.78. The van der Waals surface area contributed by atoms with Gasteiger partial charge >= 0.3 is 0 Å². The Labute approximate surface area is 69.8 Å². The van der Waals surface area contributed by atoms with Crippen molar-refractivity contribution >= 4 is 0 Å². The first kappa shape index (κ1) is 9.01. The van der Waals surface area contributed by atoms with E-state index < -0.39 is 0 Å². The lowest BCUT2D eigenvalue weighted by atomic mass is 10.1.